The molecule has 2 nitrogen and oxygen atoms in total. The van der Waals surface area contributed by atoms with Gasteiger partial charge in [-0.15, -0.1) is 0 Å². The third kappa shape index (κ3) is 6.77. The van der Waals surface area contributed by atoms with Crippen LogP contribution in [0.15, 0.2) is 16.9 Å². The molecule has 1 N–H and O–H groups in total. The van der Waals surface area contributed by atoms with Crippen LogP contribution in [0.5, 0.6) is 0 Å². The third-order valence-corrected chi connectivity index (χ3v) is 1.86. The van der Waals surface area contributed by atoms with Gasteiger partial charge in [0.05, 0.1) is 0 Å². The lowest BCUT2D eigenvalue weighted by Crippen LogP contribution is -2.34. The highest BCUT2D eigenvalue weighted by molar-refractivity contribution is 5.34. The van der Waals surface area contributed by atoms with Gasteiger partial charge in [0, 0.05) is 11.4 Å². The number of aromatic amines is 1. The molecule has 0 unspecified atom stereocenters. The van der Waals surface area contributed by atoms with Crippen LogP contribution in [0.4, 0.5) is 0 Å². The van der Waals surface area contributed by atoms with E-state index in [0.717, 1.165) is 23.4 Å². The maximum Gasteiger partial charge on any atom is 0.248 e. The first-order chi connectivity index (χ1) is 8.36. The van der Waals surface area contributed by atoms with Crippen molar-refractivity contribution >= 4 is 12.2 Å². The van der Waals surface area contributed by atoms with Crippen molar-refractivity contribution in [2.24, 2.45) is 0 Å². The summed E-state index contributed by atoms with van der Waals surface area (Å²) in [6.07, 6.45) is 6.33. The molecule has 0 bridgehead atoms. The molecule has 1 aliphatic carbocycles. The second kappa shape index (κ2) is 12.8. The van der Waals surface area contributed by atoms with Crippen molar-refractivity contribution in [2.75, 3.05) is 0 Å². The Morgan fingerprint density at radius 1 is 0.882 bits per heavy atom. The molecule has 1 aromatic rings. The number of H-pyrrole nitrogens is 1. The van der Waals surface area contributed by atoms with Crippen molar-refractivity contribution in [3.8, 4) is 0 Å². The summed E-state index contributed by atoms with van der Waals surface area (Å²) in [6, 6.07) is 3.43. The summed E-state index contributed by atoms with van der Waals surface area (Å²) in [5.41, 5.74) is -0.0182. The normalized spacial score (nSPS) is 10.5. The van der Waals surface area contributed by atoms with Crippen molar-refractivity contribution in [3.05, 3.63) is 33.1 Å². The number of hydrogen-bond donors (Lipinski definition) is 1. The molecule has 0 aliphatic heterocycles. The van der Waals surface area contributed by atoms with E-state index in [-0.39, 0.29) is 5.56 Å². The second-order valence-electron chi connectivity index (χ2n) is 2.68. The van der Waals surface area contributed by atoms with E-state index in [2.05, 4.69) is 17.1 Å². The van der Waals surface area contributed by atoms with Crippen LogP contribution in [0.3, 0.4) is 0 Å². The summed E-state index contributed by atoms with van der Waals surface area (Å²) < 4.78 is 0. The highest BCUT2D eigenvalue weighted by atomic mass is 16.1. The van der Waals surface area contributed by atoms with Gasteiger partial charge >= 0.3 is 0 Å². The number of hydrogen-bond acceptors (Lipinski definition) is 1. The van der Waals surface area contributed by atoms with Crippen molar-refractivity contribution in [2.45, 2.75) is 54.4 Å². The van der Waals surface area contributed by atoms with Crippen LogP contribution in [0.1, 0.15) is 54.4 Å². The summed E-state index contributed by atoms with van der Waals surface area (Å²) in [5.74, 6) is 0. The molecule has 1 aliphatic rings. The Labute approximate surface area is 105 Å². The molecular formula is C15H27NO. The third-order valence-electron chi connectivity index (χ3n) is 1.86. The standard InChI is InChI=1S/C9H9NO.3C2H6/c11-9-6-5-7-3-1-2-4-8(7)10-9;3*1-2/h3-6H,1-2H2,(H,10,11);3*1-2H3. The average molecular weight is 237 g/mol. The molecule has 1 aromatic heterocycles. The summed E-state index contributed by atoms with van der Waals surface area (Å²) in [4.78, 5) is 13.6. The topological polar surface area (TPSA) is 32.9 Å². The van der Waals surface area contributed by atoms with Gasteiger partial charge in [0.2, 0.25) is 5.56 Å². The maximum atomic E-state index is 10.9. The molecule has 2 heteroatoms. The minimum Gasteiger partial charge on any atom is -0.322 e. The number of rotatable bonds is 0. The van der Waals surface area contributed by atoms with Crippen molar-refractivity contribution < 1.29 is 0 Å². The van der Waals surface area contributed by atoms with Gasteiger partial charge in [-0.25, -0.2) is 0 Å². The summed E-state index contributed by atoms with van der Waals surface area (Å²) in [5, 5.41) is 2.12. The predicted octanol–water partition coefficient (Wildman–Crippen LogP) is 2.81. The lowest BCUT2D eigenvalue weighted by Gasteiger charge is -1.96. The van der Waals surface area contributed by atoms with Gasteiger partial charge in [0.25, 0.3) is 0 Å². The largest absolute Gasteiger partial charge is 0.322 e. The zero-order chi connectivity index (χ0) is 13.7. The van der Waals surface area contributed by atoms with E-state index in [9.17, 15) is 4.79 Å². The highest BCUT2D eigenvalue weighted by Gasteiger charge is 1.91. The molecule has 1 heterocycles. The SMILES string of the molecule is CC.CC.CC.O=c1ccc2c([nH]1)=CCCC=2. The number of pyridine rings is 1. The minimum absolute atomic E-state index is 0.0182. The lowest BCUT2D eigenvalue weighted by molar-refractivity contribution is 1.06. The van der Waals surface area contributed by atoms with E-state index >= 15 is 0 Å². The zero-order valence-corrected chi connectivity index (χ0v) is 12.1. The van der Waals surface area contributed by atoms with Crippen LogP contribution >= 0.6 is 0 Å². The Balaban J connectivity index is 0. The molecule has 0 aromatic carbocycles. The monoisotopic (exact) mass is 237 g/mol. The van der Waals surface area contributed by atoms with E-state index in [1.54, 1.807) is 6.07 Å². The molecule has 2 rings (SSSR count). The van der Waals surface area contributed by atoms with Crippen LogP contribution in [-0.4, -0.2) is 4.98 Å². The molecule has 0 saturated heterocycles. The van der Waals surface area contributed by atoms with Crippen LogP contribution in [0.25, 0.3) is 12.2 Å². The first kappa shape index (κ1) is 18.1. The fourth-order valence-electron chi connectivity index (χ4n) is 1.32. The Kier molecular flexibility index (Phi) is 13.6. The van der Waals surface area contributed by atoms with E-state index in [1.807, 2.05) is 47.6 Å². The van der Waals surface area contributed by atoms with E-state index < -0.39 is 0 Å². The maximum absolute atomic E-state index is 10.9. The van der Waals surface area contributed by atoms with Crippen LogP contribution in [0, 0.1) is 0 Å². The van der Waals surface area contributed by atoms with Gasteiger partial charge in [-0.1, -0.05) is 53.7 Å². The predicted molar refractivity (Wildman–Crippen MR) is 78.5 cm³/mol. The number of aromatic nitrogens is 1. The average Bonchev–Trinajstić information content (AvgIpc) is 2.45. The van der Waals surface area contributed by atoms with Crippen molar-refractivity contribution in [1.29, 1.82) is 0 Å². The molecule has 98 valence electrons. The number of fused-ring (bicyclic) bond motifs is 1. The zero-order valence-electron chi connectivity index (χ0n) is 12.1. The summed E-state index contributed by atoms with van der Waals surface area (Å²) >= 11 is 0. The summed E-state index contributed by atoms with van der Waals surface area (Å²) in [6.45, 7) is 12.0. The van der Waals surface area contributed by atoms with Gasteiger partial charge in [0.15, 0.2) is 0 Å². The molecule has 0 saturated carbocycles. The molecular weight excluding hydrogens is 210 g/mol. The molecule has 0 fully saturated rings. The Hall–Kier alpha value is -1.31. The Bertz CT molecular complexity index is 429. The molecule has 0 atom stereocenters. The Morgan fingerprint density at radius 2 is 1.41 bits per heavy atom. The van der Waals surface area contributed by atoms with Crippen LogP contribution in [-0.2, 0) is 0 Å². The van der Waals surface area contributed by atoms with Gasteiger partial charge in [-0.2, -0.15) is 0 Å². The van der Waals surface area contributed by atoms with Gasteiger partial charge in [0.1, 0.15) is 0 Å². The van der Waals surface area contributed by atoms with Crippen molar-refractivity contribution in [3.63, 3.8) is 0 Å². The van der Waals surface area contributed by atoms with E-state index in [0.29, 0.717) is 0 Å². The van der Waals surface area contributed by atoms with Gasteiger partial charge < -0.3 is 4.98 Å². The first-order valence-corrected chi connectivity index (χ1v) is 6.76. The smallest absolute Gasteiger partial charge is 0.248 e. The molecule has 0 spiro atoms. The van der Waals surface area contributed by atoms with Crippen LogP contribution in [0.2, 0.25) is 0 Å². The van der Waals surface area contributed by atoms with E-state index in [4.69, 9.17) is 0 Å². The Morgan fingerprint density at radius 3 is 2.00 bits per heavy atom. The second-order valence-corrected chi connectivity index (χ2v) is 2.68. The molecule has 0 amide bonds. The highest BCUT2D eigenvalue weighted by Crippen LogP contribution is 1.92. The van der Waals surface area contributed by atoms with Crippen molar-refractivity contribution in [1.82, 2.24) is 4.98 Å². The van der Waals surface area contributed by atoms with E-state index in [1.165, 1.54) is 0 Å². The van der Waals surface area contributed by atoms with Crippen LogP contribution < -0.4 is 16.1 Å². The number of nitrogens with one attached hydrogen (secondary N) is 1. The summed E-state index contributed by atoms with van der Waals surface area (Å²) in [7, 11) is 0. The first-order valence-electron chi connectivity index (χ1n) is 6.76. The molecule has 17 heavy (non-hydrogen) atoms. The van der Waals surface area contributed by atoms with Gasteiger partial charge in [-0.05, 0) is 24.1 Å². The molecule has 0 radical (unpaired) electrons. The fraction of sp³-hybridized carbons (Fsp3) is 0.533. The quantitative estimate of drug-likeness (QED) is 0.739. The lowest BCUT2D eigenvalue weighted by atomic mass is 10.1. The fourth-order valence-corrected chi connectivity index (χ4v) is 1.32. The van der Waals surface area contributed by atoms with Gasteiger partial charge in [-0.3, -0.25) is 4.79 Å². The minimum atomic E-state index is -0.0182.